The molecule has 1 aromatic carbocycles. The highest BCUT2D eigenvalue weighted by Gasteiger charge is 2.20. The molecule has 0 unspecified atom stereocenters. The molecule has 1 heterocycles. The average molecular weight is 337 g/mol. The summed E-state index contributed by atoms with van der Waals surface area (Å²) in [4.78, 5) is 18.1. The number of aromatic amines is 1. The minimum Gasteiger partial charge on any atom is -0.437 e. The number of nitrogens with zero attached hydrogens (tertiary/aromatic N) is 1. The van der Waals surface area contributed by atoms with Crippen LogP contribution in [-0.2, 0) is 5.41 Å². The van der Waals surface area contributed by atoms with Gasteiger partial charge >= 0.3 is 0 Å². The molecule has 0 aliphatic heterocycles. The maximum absolute atomic E-state index is 11.5. The van der Waals surface area contributed by atoms with Crippen molar-refractivity contribution in [3.63, 3.8) is 0 Å². The lowest BCUT2D eigenvalue weighted by atomic mass is 9.85. The van der Waals surface area contributed by atoms with Gasteiger partial charge in [0.15, 0.2) is 0 Å². The molecular formula is C15H17BrN2O2. The molecule has 0 amide bonds. The number of H-pyrrole nitrogens is 1. The summed E-state index contributed by atoms with van der Waals surface area (Å²) >= 11 is 3.20. The lowest BCUT2D eigenvalue weighted by molar-refractivity contribution is 0.435. The monoisotopic (exact) mass is 336 g/mol. The number of nitrogens with one attached hydrogen (secondary N) is 1. The van der Waals surface area contributed by atoms with Crippen LogP contribution < -0.4 is 10.3 Å². The van der Waals surface area contributed by atoms with E-state index in [2.05, 4.69) is 52.7 Å². The van der Waals surface area contributed by atoms with Crippen LogP contribution in [0.15, 0.2) is 33.8 Å². The van der Waals surface area contributed by atoms with Gasteiger partial charge in [0.1, 0.15) is 10.2 Å². The second-order valence-corrected chi connectivity index (χ2v) is 6.50. The fourth-order valence-corrected chi connectivity index (χ4v) is 2.16. The van der Waals surface area contributed by atoms with Gasteiger partial charge in [0.25, 0.3) is 5.56 Å². The topological polar surface area (TPSA) is 55.0 Å². The number of aromatic nitrogens is 2. The molecule has 2 rings (SSSR count). The molecule has 0 bridgehead atoms. The van der Waals surface area contributed by atoms with Crippen LogP contribution >= 0.6 is 15.9 Å². The van der Waals surface area contributed by atoms with Crippen molar-refractivity contribution in [3.05, 3.63) is 50.5 Å². The molecule has 1 aromatic heterocycles. The van der Waals surface area contributed by atoms with Gasteiger partial charge in [-0.3, -0.25) is 4.79 Å². The van der Waals surface area contributed by atoms with Gasteiger partial charge < -0.3 is 9.72 Å². The fraction of sp³-hybridized carbons (Fsp3) is 0.333. The summed E-state index contributed by atoms with van der Waals surface area (Å²) < 4.78 is 6.12. The zero-order chi connectivity index (χ0) is 14.9. The molecule has 20 heavy (non-hydrogen) atoms. The first-order valence-electron chi connectivity index (χ1n) is 6.31. The van der Waals surface area contributed by atoms with Crippen molar-refractivity contribution >= 4 is 15.9 Å². The third kappa shape index (κ3) is 3.10. The molecule has 0 saturated heterocycles. The Hall–Kier alpha value is -1.62. The number of ether oxygens (including phenoxy) is 1. The van der Waals surface area contributed by atoms with Crippen molar-refractivity contribution in [3.8, 4) is 11.6 Å². The van der Waals surface area contributed by atoms with E-state index < -0.39 is 0 Å². The molecule has 0 aliphatic rings. The Labute approximate surface area is 126 Å². The standard InChI is InChI=1S/C15H17BrN2O2/c1-9-5-6-11(10(7-9)15(2,3)4)20-14-12(16)13(19)17-8-18-14/h5-8H,1-4H3,(H,17,18,19). The van der Waals surface area contributed by atoms with Gasteiger partial charge in [-0.1, -0.05) is 38.5 Å². The third-order valence-corrected chi connectivity index (χ3v) is 3.61. The van der Waals surface area contributed by atoms with Crippen LogP contribution in [0.2, 0.25) is 0 Å². The predicted octanol–water partition coefficient (Wildman–Crippen LogP) is 3.93. The largest absolute Gasteiger partial charge is 0.437 e. The Morgan fingerprint density at radius 3 is 2.65 bits per heavy atom. The number of halogens is 1. The van der Waals surface area contributed by atoms with Crippen LogP contribution in [0.5, 0.6) is 11.6 Å². The van der Waals surface area contributed by atoms with Crippen molar-refractivity contribution in [1.29, 1.82) is 0 Å². The first-order valence-corrected chi connectivity index (χ1v) is 7.10. The van der Waals surface area contributed by atoms with Crippen LogP contribution in [-0.4, -0.2) is 9.97 Å². The van der Waals surface area contributed by atoms with Crippen molar-refractivity contribution in [1.82, 2.24) is 9.97 Å². The van der Waals surface area contributed by atoms with E-state index in [1.165, 1.54) is 11.9 Å². The Morgan fingerprint density at radius 1 is 1.30 bits per heavy atom. The summed E-state index contributed by atoms with van der Waals surface area (Å²) in [6.07, 6.45) is 1.33. The second kappa shape index (κ2) is 5.40. The van der Waals surface area contributed by atoms with Gasteiger partial charge in [-0.2, -0.15) is 0 Å². The average Bonchev–Trinajstić information content (AvgIpc) is 2.36. The predicted molar refractivity (Wildman–Crippen MR) is 82.5 cm³/mol. The van der Waals surface area contributed by atoms with Crippen LogP contribution in [0.4, 0.5) is 0 Å². The molecule has 4 nitrogen and oxygen atoms in total. The van der Waals surface area contributed by atoms with E-state index in [9.17, 15) is 4.79 Å². The normalized spacial score (nSPS) is 11.4. The van der Waals surface area contributed by atoms with E-state index in [1.54, 1.807) is 0 Å². The minimum absolute atomic E-state index is 0.0605. The molecule has 1 N–H and O–H groups in total. The molecule has 0 atom stereocenters. The first kappa shape index (κ1) is 14.8. The highest BCUT2D eigenvalue weighted by molar-refractivity contribution is 9.10. The summed E-state index contributed by atoms with van der Waals surface area (Å²) in [6.45, 7) is 8.40. The summed E-state index contributed by atoms with van der Waals surface area (Å²) in [5, 5.41) is 0. The molecule has 2 aromatic rings. The zero-order valence-corrected chi connectivity index (χ0v) is 13.5. The number of hydrogen-bond acceptors (Lipinski definition) is 3. The van der Waals surface area contributed by atoms with Crippen LogP contribution in [0.1, 0.15) is 31.9 Å². The van der Waals surface area contributed by atoms with E-state index in [4.69, 9.17) is 4.74 Å². The second-order valence-electron chi connectivity index (χ2n) is 5.70. The smallest absolute Gasteiger partial charge is 0.268 e. The third-order valence-electron chi connectivity index (χ3n) is 2.91. The van der Waals surface area contributed by atoms with Gasteiger partial charge in [0, 0.05) is 5.56 Å². The van der Waals surface area contributed by atoms with E-state index in [0.29, 0.717) is 10.2 Å². The zero-order valence-electron chi connectivity index (χ0n) is 12.0. The SMILES string of the molecule is Cc1ccc(Oc2nc[nH]c(=O)c2Br)c(C(C)(C)C)c1. The minimum atomic E-state index is -0.264. The lowest BCUT2D eigenvalue weighted by Crippen LogP contribution is -2.14. The van der Waals surface area contributed by atoms with E-state index in [1.807, 2.05) is 19.1 Å². The Bertz CT molecular complexity index is 687. The van der Waals surface area contributed by atoms with Crippen molar-refractivity contribution in [2.24, 2.45) is 0 Å². The van der Waals surface area contributed by atoms with Gasteiger partial charge in [0.2, 0.25) is 5.88 Å². The van der Waals surface area contributed by atoms with E-state index >= 15 is 0 Å². The summed E-state index contributed by atoms with van der Waals surface area (Å²) in [6, 6.07) is 5.98. The Balaban J connectivity index is 2.49. The molecule has 0 spiro atoms. The van der Waals surface area contributed by atoms with Crippen LogP contribution in [0.3, 0.4) is 0 Å². The first-order chi connectivity index (χ1) is 9.29. The Kier molecular flexibility index (Phi) is 3.99. The van der Waals surface area contributed by atoms with Gasteiger partial charge in [-0.05, 0) is 34.3 Å². The number of rotatable bonds is 2. The number of hydrogen-bond donors (Lipinski definition) is 1. The number of benzene rings is 1. The quantitative estimate of drug-likeness (QED) is 0.903. The summed E-state index contributed by atoms with van der Waals surface area (Å²) in [7, 11) is 0. The Morgan fingerprint density at radius 2 is 2.00 bits per heavy atom. The fourth-order valence-electron chi connectivity index (χ4n) is 1.86. The maximum atomic E-state index is 11.5. The lowest BCUT2D eigenvalue weighted by Gasteiger charge is -2.23. The van der Waals surface area contributed by atoms with Gasteiger partial charge in [-0.15, -0.1) is 0 Å². The highest BCUT2D eigenvalue weighted by atomic mass is 79.9. The highest BCUT2D eigenvalue weighted by Crippen LogP contribution is 2.35. The molecule has 0 fully saturated rings. The maximum Gasteiger partial charge on any atom is 0.268 e. The van der Waals surface area contributed by atoms with Crippen LogP contribution in [0, 0.1) is 6.92 Å². The molecule has 106 valence electrons. The van der Waals surface area contributed by atoms with Crippen molar-refractivity contribution < 1.29 is 4.74 Å². The van der Waals surface area contributed by atoms with Gasteiger partial charge in [0.05, 0.1) is 6.33 Å². The summed E-state index contributed by atoms with van der Waals surface area (Å²) in [5.41, 5.74) is 1.92. The molecular weight excluding hydrogens is 320 g/mol. The number of aryl methyl sites for hydroxylation is 1. The van der Waals surface area contributed by atoms with Crippen molar-refractivity contribution in [2.45, 2.75) is 33.1 Å². The van der Waals surface area contributed by atoms with Crippen molar-refractivity contribution in [2.75, 3.05) is 0 Å². The van der Waals surface area contributed by atoms with Crippen LogP contribution in [0.25, 0.3) is 0 Å². The molecule has 0 saturated carbocycles. The van der Waals surface area contributed by atoms with E-state index in [0.717, 1.165) is 5.56 Å². The molecule has 0 radical (unpaired) electrons. The molecule has 5 heteroatoms. The summed E-state index contributed by atoms with van der Waals surface area (Å²) in [5.74, 6) is 0.977. The molecule has 0 aliphatic carbocycles. The van der Waals surface area contributed by atoms with Gasteiger partial charge in [-0.25, -0.2) is 4.98 Å². The van der Waals surface area contributed by atoms with E-state index in [-0.39, 0.29) is 16.9 Å².